The molecule has 2 aromatic rings. The molecule has 1 heterocycles. The third-order valence-electron chi connectivity index (χ3n) is 7.16. The van der Waals surface area contributed by atoms with Gasteiger partial charge in [0.25, 0.3) is 0 Å². The number of amides is 2. The number of alkyl carbamates (subject to hydrolysis) is 1. The Labute approximate surface area is 226 Å². The Morgan fingerprint density at radius 2 is 1.81 bits per heavy atom. The largest absolute Gasteiger partial charge is 0.444 e. The molecule has 5 nitrogen and oxygen atoms in total. The topological polar surface area (TPSA) is 58.6 Å². The first-order valence-corrected chi connectivity index (χ1v) is 13.8. The van der Waals surface area contributed by atoms with Gasteiger partial charge in [-0.25, -0.2) is 4.79 Å². The zero-order chi connectivity index (χ0) is 26.4. The molecule has 1 aliphatic carbocycles. The van der Waals surface area contributed by atoms with Crippen molar-refractivity contribution in [1.29, 1.82) is 0 Å². The number of ether oxygens (including phenoxy) is 1. The summed E-state index contributed by atoms with van der Waals surface area (Å²) in [6.45, 7) is 7.20. The minimum atomic E-state index is -0.548. The van der Waals surface area contributed by atoms with Crippen LogP contribution in [0.2, 0.25) is 5.02 Å². The molecular weight excluding hydrogens is 484 g/mol. The van der Waals surface area contributed by atoms with Crippen molar-refractivity contribution in [2.24, 2.45) is 0 Å². The zero-order valence-electron chi connectivity index (χ0n) is 22.3. The Bertz CT molecular complexity index is 1110. The van der Waals surface area contributed by atoms with Crippen molar-refractivity contribution in [3.63, 3.8) is 0 Å². The van der Waals surface area contributed by atoms with Gasteiger partial charge in [0.15, 0.2) is 0 Å². The van der Waals surface area contributed by atoms with E-state index in [0.29, 0.717) is 23.8 Å². The van der Waals surface area contributed by atoms with E-state index in [4.69, 9.17) is 16.3 Å². The van der Waals surface area contributed by atoms with Crippen molar-refractivity contribution in [2.45, 2.75) is 89.8 Å². The first-order valence-electron chi connectivity index (χ1n) is 13.5. The molecule has 1 saturated carbocycles. The first-order chi connectivity index (χ1) is 17.7. The van der Waals surface area contributed by atoms with E-state index in [1.807, 2.05) is 49.9 Å². The Kier molecular flexibility index (Phi) is 8.96. The number of likely N-dealkylation sites (tertiary alicyclic amines) is 1. The predicted octanol–water partition coefficient (Wildman–Crippen LogP) is 7.18. The fourth-order valence-corrected chi connectivity index (χ4v) is 5.52. The van der Waals surface area contributed by atoms with Crippen LogP contribution in [0.5, 0.6) is 0 Å². The average molecular weight is 523 g/mol. The van der Waals surface area contributed by atoms with Gasteiger partial charge in [0, 0.05) is 24.5 Å². The molecule has 2 amide bonds. The number of benzene rings is 2. The molecule has 0 spiro atoms. The van der Waals surface area contributed by atoms with E-state index >= 15 is 0 Å². The highest BCUT2D eigenvalue weighted by Crippen LogP contribution is 2.37. The van der Waals surface area contributed by atoms with E-state index in [2.05, 4.69) is 35.7 Å². The molecule has 4 rings (SSSR count). The molecule has 0 unspecified atom stereocenters. The molecule has 0 aromatic heterocycles. The first kappa shape index (κ1) is 27.3. The molecule has 2 aromatic carbocycles. The summed E-state index contributed by atoms with van der Waals surface area (Å²) in [5, 5.41) is 3.77. The second kappa shape index (κ2) is 12.2. The van der Waals surface area contributed by atoms with Gasteiger partial charge >= 0.3 is 6.09 Å². The predicted molar refractivity (Wildman–Crippen MR) is 149 cm³/mol. The third kappa shape index (κ3) is 8.10. The number of hydrogen-bond donors (Lipinski definition) is 1. The maximum atomic E-state index is 12.6. The molecule has 1 saturated heterocycles. The third-order valence-corrected chi connectivity index (χ3v) is 7.42. The highest BCUT2D eigenvalue weighted by atomic mass is 35.5. The molecule has 1 aliphatic heterocycles. The van der Waals surface area contributed by atoms with E-state index in [1.54, 1.807) is 0 Å². The van der Waals surface area contributed by atoms with Gasteiger partial charge in [0.05, 0.1) is 6.04 Å². The molecule has 198 valence electrons. The Hall–Kier alpha value is -2.79. The van der Waals surface area contributed by atoms with Gasteiger partial charge in [0.2, 0.25) is 5.91 Å². The lowest BCUT2D eigenvalue weighted by Gasteiger charge is -2.29. The average Bonchev–Trinajstić information content (AvgIpc) is 3.24. The maximum absolute atomic E-state index is 12.6. The highest BCUT2D eigenvalue weighted by molar-refractivity contribution is 6.30. The standard InChI is InChI=1S/C31H39ClN2O3/c1-31(2,3)37-30(36)33-27(20-23-12-16-26(32)17-13-23)19-22-10-14-24(15-11-22)28-8-5-4-7-25(28)21-34-18-6-9-29(34)35/h4-5,7-8,12-13,16-17,19,24,27H,6,9-11,14-15,18,20-21H2,1-3H3,(H,33,36)/t24?,27-/m1/s1. The zero-order valence-corrected chi connectivity index (χ0v) is 23.0. The van der Waals surface area contributed by atoms with Crippen LogP contribution in [0, 0.1) is 0 Å². The quantitative estimate of drug-likeness (QED) is 0.392. The molecule has 1 N–H and O–H groups in total. The van der Waals surface area contributed by atoms with Crippen LogP contribution in [0.4, 0.5) is 4.79 Å². The minimum Gasteiger partial charge on any atom is -0.444 e. The van der Waals surface area contributed by atoms with Crippen LogP contribution < -0.4 is 5.32 Å². The van der Waals surface area contributed by atoms with Gasteiger partial charge in [-0.1, -0.05) is 59.6 Å². The molecular formula is C31H39ClN2O3. The molecule has 6 heteroatoms. The van der Waals surface area contributed by atoms with Crippen LogP contribution in [0.1, 0.15) is 81.9 Å². The smallest absolute Gasteiger partial charge is 0.408 e. The van der Waals surface area contributed by atoms with Crippen molar-refractivity contribution in [3.8, 4) is 0 Å². The lowest BCUT2D eigenvalue weighted by Crippen LogP contribution is -2.39. The van der Waals surface area contributed by atoms with Gasteiger partial charge < -0.3 is 15.0 Å². The maximum Gasteiger partial charge on any atom is 0.408 e. The van der Waals surface area contributed by atoms with Crippen molar-refractivity contribution < 1.29 is 14.3 Å². The van der Waals surface area contributed by atoms with Crippen molar-refractivity contribution in [2.75, 3.05) is 6.54 Å². The van der Waals surface area contributed by atoms with Gasteiger partial charge in [-0.05, 0) is 94.0 Å². The van der Waals surface area contributed by atoms with Crippen LogP contribution >= 0.6 is 11.6 Å². The fourth-order valence-electron chi connectivity index (χ4n) is 5.39. The van der Waals surface area contributed by atoms with E-state index in [0.717, 1.165) is 50.8 Å². The number of halogens is 1. The van der Waals surface area contributed by atoms with Gasteiger partial charge in [-0.15, -0.1) is 0 Å². The number of nitrogens with one attached hydrogen (secondary N) is 1. The summed E-state index contributed by atoms with van der Waals surface area (Å²) in [7, 11) is 0. The molecule has 37 heavy (non-hydrogen) atoms. The summed E-state index contributed by atoms with van der Waals surface area (Å²) in [5.74, 6) is 0.757. The number of nitrogens with zero attached hydrogens (tertiary/aromatic N) is 1. The lowest BCUT2D eigenvalue weighted by molar-refractivity contribution is -0.128. The second-order valence-electron chi connectivity index (χ2n) is 11.3. The summed E-state index contributed by atoms with van der Waals surface area (Å²) >= 11 is 6.07. The number of carbonyl (C=O) groups excluding carboxylic acids is 2. The fraction of sp³-hybridized carbons (Fsp3) is 0.484. The molecule has 0 bridgehead atoms. The molecule has 0 radical (unpaired) electrons. The van der Waals surface area contributed by atoms with Crippen molar-refractivity contribution >= 4 is 23.6 Å². The summed E-state index contributed by atoms with van der Waals surface area (Å²) in [5.41, 5.74) is 4.60. The molecule has 1 atom stereocenters. The number of allylic oxidation sites excluding steroid dienone is 1. The van der Waals surface area contributed by atoms with Gasteiger partial charge in [-0.3, -0.25) is 4.79 Å². The summed E-state index contributed by atoms with van der Waals surface area (Å²) < 4.78 is 5.54. The van der Waals surface area contributed by atoms with E-state index in [9.17, 15) is 9.59 Å². The lowest BCUT2D eigenvalue weighted by atomic mass is 9.79. The van der Waals surface area contributed by atoms with E-state index in [1.165, 1.54) is 16.7 Å². The van der Waals surface area contributed by atoms with Gasteiger partial charge in [0.1, 0.15) is 5.60 Å². The van der Waals surface area contributed by atoms with Crippen LogP contribution in [0.25, 0.3) is 0 Å². The second-order valence-corrected chi connectivity index (χ2v) is 11.7. The van der Waals surface area contributed by atoms with Crippen LogP contribution in [-0.4, -0.2) is 35.1 Å². The van der Waals surface area contributed by atoms with E-state index < -0.39 is 11.7 Å². The van der Waals surface area contributed by atoms with Crippen LogP contribution in [0.3, 0.4) is 0 Å². The Balaban J connectivity index is 1.43. The summed E-state index contributed by atoms with van der Waals surface area (Å²) in [6, 6.07) is 16.2. The SMILES string of the molecule is CC(C)(C)OC(=O)N[C@H](C=C1CCC(c2ccccc2CN2CCCC2=O)CC1)Cc1ccc(Cl)cc1. The van der Waals surface area contributed by atoms with Gasteiger partial charge in [-0.2, -0.15) is 0 Å². The number of carbonyl (C=O) groups is 2. The highest BCUT2D eigenvalue weighted by Gasteiger charge is 2.25. The van der Waals surface area contributed by atoms with E-state index in [-0.39, 0.29) is 11.9 Å². The minimum absolute atomic E-state index is 0.156. The van der Waals surface area contributed by atoms with Crippen LogP contribution in [0.15, 0.2) is 60.2 Å². The van der Waals surface area contributed by atoms with Crippen LogP contribution in [-0.2, 0) is 22.5 Å². The normalized spacial score (nSPS) is 19.0. The molecule has 2 fully saturated rings. The van der Waals surface area contributed by atoms with Crippen molar-refractivity contribution in [1.82, 2.24) is 10.2 Å². The Morgan fingerprint density at radius 3 is 2.46 bits per heavy atom. The Morgan fingerprint density at radius 1 is 1.11 bits per heavy atom. The monoisotopic (exact) mass is 522 g/mol. The number of rotatable bonds is 7. The summed E-state index contributed by atoms with van der Waals surface area (Å²) in [6.07, 6.45) is 8.26. The van der Waals surface area contributed by atoms with Crippen molar-refractivity contribution in [3.05, 3.63) is 81.9 Å². The number of hydrogen-bond acceptors (Lipinski definition) is 3. The molecule has 2 aliphatic rings. The summed E-state index contributed by atoms with van der Waals surface area (Å²) in [4.78, 5) is 26.8.